The van der Waals surface area contributed by atoms with E-state index in [4.69, 9.17) is 0 Å². The van der Waals surface area contributed by atoms with Crippen molar-refractivity contribution in [2.24, 2.45) is 11.3 Å². The van der Waals surface area contributed by atoms with E-state index in [0.29, 0.717) is 16.7 Å². The van der Waals surface area contributed by atoms with Crippen molar-refractivity contribution in [3.05, 3.63) is 41.2 Å². The molecular weight excluding hydrogens is 379 g/mol. The summed E-state index contributed by atoms with van der Waals surface area (Å²) in [7, 11) is 0. The summed E-state index contributed by atoms with van der Waals surface area (Å²) in [6, 6.07) is 5.07. The van der Waals surface area contributed by atoms with Gasteiger partial charge in [-0.3, -0.25) is 10.1 Å². The predicted octanol–water partition coefficient (Wildman–Crippen LogP) is 4.87. The van der Waals surface area contributed by atoms with Crippen LogP contribution in [0.1, 0.15) is 50.5 Å². The Balaban J connectivity index is 1.55. The quantitative estimate of drug-likeness (QED) is 0.680. The lowest BCUT2D eigenvalue weighted by Crippen LogP contribution is -2.43. The van der Waals surface area contributed by atoms with E-state index in [2.05, 4.69) is 41.7 Å². The molecule has 0 aliphatic heterocycles. The molecule has 1 heterocycles. The Morgan fingerprint density at radius 3 is 2.57 bits per heavy atom. The zero-order valence-corrected chi connectivity index (χ0v) is 17.0. The van der Waals surface area contributed by atoms with Gasteiger partial charge in [0, 0.05) is 17.1 Å². The molecule has 1 aliphatic rings. The maximum absolute atomic E-state index is 12.9. The predicted molar refractivity (Wildman–Crippen MR) is 109 cm³/mol. The number of urea groups is 1. The summed E-state index contributed by atoms with van der Waals surface area (Å²) in [6.07, 6.45) is 3.07. The van der Waals surface area contributed by atoms with Gasteiger partial charge in [-0.15, -0.1) is 11.3 Å². The first kappa shape index (κ1) is 20.3. The topological polar surface area (TPSA) is 83.1 Å². The van der Waals surface area contributed by atoms with Crippen molar-refractivity contribution in [3.63, 3.8) is 0 Å². The van der Waals surface area contributed by atoms with Crippen LogP contribution < -0.4 is 16.0 Å². The van der Waals surface area contributed by atoms with E-state index in [-0.39, 0.29) is 28.9 Å². The molecular formula is C20H25FN4O2S. The van der Waals surface area contributed by atoms with Crippen molar-refractivity contribution in [2.75, 3.05) is 10.6 Å². The first-order valence-corrected chi connectivity index (χ1v) is 10.2. The van der Waals surface area contributed by atoms with Crippen LogP contribution in [0.4, 0.5) is 20.0 Å². The summed E-state index contributed by atoms with van der Waals surface area (Å²) in [4.78, 5) is 28.7. The van der Waals surface area contributed by atoms with Gasteiger partial charge in [0.25, 0.3) is 5.91 Å². The average molecular weight is 405 g/mol. The summed E-state index contributed by atoms with van der Waals surface area (Å²) in [5, 5.41) is 10.2. The van der Waals surface area contributed by atoms with Gasteiger partial charge < -0.3 is 10.6 Å². The average Bonchev–Trinajstić information content (AvgIpc) is 3.03. The van der Waals surface area contributed by atoms with Crippen LogP contribution in [-0.4, -0.2) is 23.0 Å². The highest BCUT2D eigenvalue weighted by molar-refractivity contribution is 7.14. The standard InChI is InChI=1S/C20H25FN4O2S/c1-12-8-15(10-20(2,3)9-12)22-17(26)16-11-28-19(24-16)25-18(27)23-14-6-4-13(21)5-7-14/h4-7,11-12,15H,8-10H2,1-3H3,(H,22,26)(H2,23,24,25,27). The van der Waals surface area contributed by atoms with Crippen molar-refractivity contribution in [3.8, 4) is 0 Å². The molecule has 1 aliphatic carbocycles. The Morgan fingerprint density at radius 1 is 1.18 bits per heavy atom. The van der Waals surface area contributed by atoms with E-state index in [1.54, 1.807) is 5.38 Å². The number of carbonyl (C=O) groups is 2. The van der Waals surface area contributed by atoms with E-state index in [1.807, 2.05) is 0 Å². The van der Waals surface area contributed by atoms with Crippen LogP contribution in [0.15, 0.2) is 29.6 Å². The maximum Gasteiger partial charge on any atom is 0.325 e. The van der Waals surface area contributed by atoms with Crippen LogP contribution in [0.2, 0.25) is 0 Å². The highest BCUT2D eigenvalue weighted by Crippen LogP contribution is 2.38. The number of rotatable bonds is 4. The van der Waals surface area contributed by atoms with Gasteiger partial charge in [0.2, 0.25) is 0 Å². The van der Waals surface area contributed by atoms with Crippen molar-refractivity contribution < 1.29 is 14.0 Å². The smallest absolute Gasteiger partial charge is 0.325 e. The van der Waals surface area contributed by atoms with Crippen LogP contribution >= 0.6 is 11.3 Å². The van der Waals surface area contributed by atoms with Gasteiger partial charge in [-0.1, -0.05) is 20.8 Å². The molecule has 150 valence electrons. The zero-order chi connectivity index (χ0) is 20.3. The highest BCUT2D eigenvalue weighted by atomic mass is 32.1. The molecule has 3 amide bonds. The number of thiazole rings is 1. The van der Waals surface area contributed by atoms with Gasteiger partial charge in [0.1, 0.15) is 11.5 Å². The van der Waals surface area contributed by atoms with Crippen LogP contribution in [0, 0.1) is 17.2 Å². The molecule has 0 saturated heterocycles. The summed E-state index contributed by atoms with van der Waals surface area (Å²) in [6.45, 7) is 6.67. The molecule has 1 aromatic carbocycles. The van der Waals surface area contributed by atoms with Crippen molar-refractivity contribution in [1.29, 1.82) is 0 Å². The number of nitrogens with one attached hydrogen (secondary N) is 3. The SMILES string of the molecule is CC1CC(NC(=O)c2csc(NC(=O)Nc3ccc(F)cc3)n2)CC(C)(C)C1. The molecule has 6 nitrogen and oxygen atoms in total. The molecule has 28 heavy (non-hydrogen) atoms. The van der Waals surface area contributed by atoms with Gasteiger partial charge in [-0.25, -0.2) is 14.2 Å². The minimum absolute atomic E-state index is 0.131. The zero-order valence-electron chi connectivity index (χ0n) is 16.2. The van der Waals surface area contributed by atoms with Crippen LogP contribution in [0.25, 0.3) is 0 Å². The van der Waals surface area contributed by atoms with E-state index in [9.17, 15) is 14.0 Å². The fourth-order valence-corrected chi connectivity index (χ4v) is 4.63. The number of carbonyl (C=O) groups excluding carboxylic acids is 2. The molecule has 0 radical (unpaired) electrons. The van der Waals surface area contributed by atoms with Crippen molar-refractivity contribution in [1.82, 2.24) is 10.3 Å². The first-order valence-electron chi connectivity index (χ1n) is 9.30. The molecule has 0 spiro atoms. The number of hydrogen-bond acceptors (Lipinski definition) is 4. The Kier molecular flexibility index (Phi) is 5.98. The number of hydrogen-bond donors (Lipinski definition) is 3. The Hall–Kier alpha value is -2.48. The van der Waals surface area contributed by atoms with Gasteiger partial charge in [0.05, 0.1) is 0 Å². The van der Waals surface area contributed by atoms with Crippen molar-refractivity contribution >= 4 is 34.1 Å². The number of benzene rings is 1. The molecule has 0 bridgehead atoms. The second-order valence-electron chi connectivity index (χ2n) is 8.21. The molecule has 1 fully saturated rings. The molecule has 3 N–H and O–H groups in total. The van der Waals surface area contributed by atoms with E-state index in [1.165, 1.54) is 35.6 Å². The highest BCUT2D eigenvalue weighted by Gasteiger charge is 2.33. The second kappa shape index (κ2) is 8.26. The molecule has 2 atom stereocenters. The fraction of sp³-hybridized carbons (Fsp3) is 0.450. The first-order chi connectivity index (χ1) is 13.2. The number of amides is 3. The summed E-state index contributed by atoms with van der Waals surface area (Å²) >= 11 is 1.18. The summed E-state index contributed by atoms with van der Waals surface area (Å²) in [5.41, 5.74) is 0.962. The number of halogens is 1. The largest absolute Gasteiger partial charge is 0.348 e. The maximum atomic E-state index is 12.9. The third-order valence-electron chi connectivity index (χ3n) is 4.78. The molecule has 1 saturated carbocycles. The molecule has 8 heteroatoms. The Bertz CT molecular complexity index is 850. The summed E-state index contributed by atoms with van der Waals surface area (Å²) in [5.74, 6) is -0.0349. The van der Waals surface area contributed by atoms with Crippen LogP contribution in [0.5, 0.6) is 0 Å². The van der Waals surface area contributed by atoms with Gasteiger partial charge in [-0.05, 0) is 54.9 Å². The fourth-order valence-electron chi connectivity index (χ4n) is 3.94. The normalized spacial score (nSPS) is 21.0. The molecule has 2 unspecified atom stereocenters. The number of nitrogens with zero attached hydrogens (tertiary/aromatic N) is 1. The third-order valence-corrected chi connectivity index (χ3v) is 5.54. The lowest BCUT2D eigenvalue weighted by atomic mass is 9.70. The van der Waals surface area contributed by atoms with Crippen LogP contribution in [-0.2, 0) is 0 Å². The summed E-state index contributed by atoms with van der Waals surface area (Å²) < 4.78 is 12.9. The van der Waals surface area contributed by atoms with Gasteiger partial charge >= 0.3 is 6.03 Å². The van der Waals surface area contributed by atoms with E-state index in [0.717, 1.165) is 19.3 Å². The lowest BCUT2D eigenvalue weighted by molar-refractivity contribution is 0.0870. The van der Waals surface area contributed by atoms with Gasteiger partial charge in [-0.2, -0.15) is 0 Å². The minimum Gasteiger partial charge on any atom is -0.348 e. The second-order valence-corrected chi connectivity index (χ2v) is 9.07. The lowest BCUT2D eigenvalue weighted by Gasteiger charge is -2.39. The van der Waals surface area contributed by atoms with Crippen molar-refractivity contribution in [2.45, 2.75) is 46.1 Å². The third kappa shape index (κ3) is 5.51. The van der Waals surface area contributed by atoms with Crippen LogP contribution in [0.3, 0.4) is 0 Å². The number of anilines is 2. The van der Waals surface area contributed by atoms with E-state index >= 15 is 0 Å². The molecule has 3 rings (SSSR count). The Morgan fingerprint density at radius 2 is 1.89 bits per heavy atom. The van der Waals surface area contributed by atoms with E-state index < -0.39 is 6.03 Å². The molecule has 2 aromatic rings. The monoisotopic (exact) mass is 404 g/mol. The van der Waals surface area contributed by atoms with Gasteiger partial charge in [0.15, 0.2) is 5.13 Å². The Labute approximate surface area is 167 Å². The molecule has 1 aromatic heterocycles. The minimum atomic E-state index is -0.504. The number of aromatic nitrogens is 1.